The number of aliphatic hydroxyl groups is 1. The highest BCUT2D eigenvalue weighted by Crippen LogP contribution is 2.25. The lowest BCUT2D eigenvalue weighted by Gasteiger charge is -2.18. The van der Waals surface area contributed by atoms with E-state index in [0.29, 0.717) is 24.9 Å². The molecule has 0 saturated carbocycles. The maximum absolute atomic E-state index is 11.9. The summed E-state index contributed by atoms with van der Waals surface area (Å²) in [6.45, 7) is 1.71. The van der Waals surface area contributed by atoms with Crippen LogP contribution in [0, 0.1) is 5.92 Å². The average molecular weight is 262 g/mol. The largest absolute Gasteiger partial charge is 0.396 e. The van der Waals surface area contributed by atoms with Crippen LogP contribution in [0.15, 0.2) is 18.2 Å². The van der Waals surface area contributed by atoms with E-state index in [9.17, 15) is 9.59 Å². The molecule has 0 fully saturated rings. The lowest BCUT2D eigenvalue weighted by molar-refractivity contribution is -0.121. The molecule has 5 heteroatoms. The number of nitrogens with one attached hydrogen (secondary N) is 2. The molecule has 102 valence electrons. The summed E-state index contributed by atoms with van der Waals surface area (Å²) in [5.74, 6) is -0.531. The van der Waals surface area contributed by atoms with Gasteiger partial charge in [0.15, 0.2) is 0 Å². The van der Waals surface area contributed by atoms with Crippen molar-refractivity contribution in [3.05, 3.63) is 23.8 Å². The zero-order valence-electron chi connectivity index (χ0n) is 10.9. The molecule has 1 aliphatic heterocycles. The molecule has 1 heterocycles. The van der Waals surface area contributed by atoms with Gasteiger partial charge < -0.3 is 15.7 Å². The number of hydrogen-bond acceptors (Lipinski definition) is 3. The maximum Gasteiger partial charge on any atom is 0.229 e. The molecule has 0 bridgehead atoms. The predicted octanol–water partition coefficient (Wildman–Crippen LogP) is 1.53. The summed E-state index contributed by atoms with van der Waals surface area (Å²) in [4.78, 5) is 23.1. The first-order chi connectivity index (χ1) is 9.13. The summed E-state index contributed by atoms with van der Waals surface area (Å²) in [6.07, 6.45) is 1.75. The van der Waals surface area contributed by atoms with Crippen molar-refractivity contribution in [2.45, 2.75) is 26.2 Å². The van der Waals surface area contributed by atoms with Gasteiger partial charge in [0.05, 0.1) is 12.5 Å². The van der Waals surface area contributed by atoms with Gasteiger partial charge in [-0.25, -0.2) is 0 Å². The molecule has 2 rings (SSSR count). The van der Waals surface area contributed by atoms with E-state index in [1.165, 1.54) is 0 Å². The van der Waals surface area contributed by atoms with Crippen LogP contribution in [0.3, 0.4) is 0 Å². The van der Waals surface area contributed by atoms with Crippen molar-refractivity contribution in [1.29, 1.82) is 0 Å². The van der Waals surface area contributed by atoms with Crippen molar-refractivity contribution >= 4 is 23.2 Å². The Morgan fingerprint density at radius 2 is 2.26 bits per heavy atom. The molecule has 2 amide bonds. The minimum absolute atomic E-state index is 0.0237. The molecule has 0 aliphatic carbocycles. The third-order valence-electron chi connectivity index (χ3n) is 3.35. The highest BCUT2D eigenvalue weighted by atomic mass is 16.3. The van der Waals surface area contributed by atoms with E-state index >= 15 is 0 Å². The summed E-state index contributed by atoms with van der Waals surface area (Å²) in [6, 6.07) is 5.42. The molecule has 0 saturated heterocycles. The molecule has 0 radical (unpaired) electrons. The van der Waals surface area contributed by atoms with Crippen molar-refractivity contribution in [1.82, 2.24) is 0 Å². The van der Waals surface area contributed by atoms with Gasteiger partial charge in [-0.05, 0) is 36.6 Å². The quantitative estimate of drug-likeness (QED) is 0.770. The molecule has 1 aromatic carbocycles. The molecule has 1 aliphatic rings. The van der Waals surface area contributed by atoms with Crippen LogP contribution in [0.2, 0.25) is 0 Å². The Bertz CT molecular complexity index is 495. The summed E-state index contributed by atoms with van der Waals surface area (Å²) < 4.78 is 0. The van der Waals surface area contributed by atoms with Crippen molar-refractivity contribution in [3.8, 4) is 0 Å². The molecule has 5 nitrogen and oxygen atoms in total. The van der Waals surface area contributed by atoms with E-state index in [2.05, 4.69) is 10.6 Å². The second kappa shape index (κ2) is 5.84. The third-order valence-corrected chi connectivity index (χ3v) is 3.35. The van der Waals surface area contributed by atoms with Crippen molar-refractivity contribution in [3.63, 3.8) is 0 Å². The average Bonchev–Trinajstić information content (AvgIpc) is 2.40. The number of benzene rings is 1. The van der Waals surface area contributed by atoms with Gasteiger partial charge in [0, 0.05) is 17.8 Å². The van der Waals surface area contributed by atoms with Gasteiger partial charge in [-0.15, -0.1) is 0 Å². The first-order valence-corrected chi connectivity index (χ1v) is 6.48. The molecule has 19 heavy (non-hydrogen) atoms. The van der Waals surface area contributed by atoms with Crippen molar-refractivity contribution < 1.29 is 14.7 Å². The summed E-state index contributed by atoms with van der Waals surface area (Å²) in [5.41, 5.74) is 2.53. The number of carbonyl (C=O) groups is 2. The number of amides is 2. The lowest BCUT2D eigenvalue weighted by atomic mass is 10.0. The molecule has 1 aromatic rings. The van der Waals surface area contributed by atoms with Gasteiger partial charge >= 0.3 is 0 Å². The monoisotopic (exact) mass is 262 g/mol. The van der Waals surface area contributed by atoms with Gasteiger partial charge in [0.2, 0.25) is 11.8 Å². The van der Waals surface area contributed by atoms with Crippen LogP contribution in [0.4, 0.5) is 11.4 Å². The lowest BCUT2D eigenvalue weighted by Crippen LogP contribution is -2.25. The minimum atomic E-state index is -0.379. The first-order valence-electron chi connectivity index (χ1n) is 6.48. The predicted molar refractivity (Wildman–Crippen MR) is 72.9 cm³/mol. The summed E-state index contributed by atoms with van der Waals surface area (Å²) in [7, 11) is 0. The van der Waals surface area contributed by atoms with E-state index in [4.69, 9.17) is 5.11 Å². The number of anilines is 2. The Morgan fingerprint density at radius 1 is 1.47 bits per heavy atom. The van der Waals surface area contributed by atoms with Crippen LogP contribution in [0.5, 0.6) is 0 Å². The molecule has 1 atom stereocenters. The third kappa shape index (κ3) is 3.12. The van der Waals surface area contributed by atoms with Gasteiger partial charge in [0.25, 0.3) is 0 Å². The van der Waals surface area contributed by atoms with Crippen LogP contribution < -0.4 is 10.6 Å². The highest BCUT2D eigenvalue weighted by Gasteiger charge is 2.18. The number of aliphatic hydroxyl groups excluding tert-OH is 1. The molecule has 1 unspecified atom stereocenters. The zero-order valence-corrected chi connectivity index (χ0v) is 10.9. The fourth-order valence-electron chi connectivity index (χ4n) is 2.10. The Hall–Kier alpha value is -1.88. The Labute approximate surface area is 112 Å². The van der Waals surface area contributed by atoms with E-state index in [1.54, 1.807) is 12.1 Å². The smallest absolute Gasteiger partial charge is 0.229 e. The topological polar surface area (TPSA) is 78.4 Å². The van der Waals surface area contributed by atoms with Crippen LogP contribution in [0.1, 0.15) is 25.3 Å². The molecule has 0 aromatic heterocycles. The van der Waals surface area contributed by atoms with Crippen LogP contribution in [-0.4, -0.2) is 23.5 Å². The SMILES string of the molecule is CCC(CO)C(=O)Nc1ccc2c(c1)CCC(=O)N2. The standard InChI is InChI=1S/C14H18N2O3/c1-2-9(8-17)14(19)15-11-4-5-12-10(7-11)3-6-13(18)16-12/h4-5,7,9,17H,2-3,6,8H2,1H3,(H,15,19)(H,16,18). The number of hydrogen-bond donors (Lipinski definition) is 3. The van der Waals surface area contributed by atoms with E-state index in [1.807, 2.05) is 13.0 Å². The van der Waals surface area contributed by atoms with Crippen LogP contribution in [-0.2, 0) is 16.0 Å². The van der Waals surface area contributed by atoms with E-state index < -0.39 is 0 Å². The summed E-state index contributed by atoms with van der Waals surface area (Å²) in [5, 5.41) is 14.7. The number of fused-ring (bicyclic) bond motifs is 1. The van der Waals surface area contributed by atoms with Gasteiger partial charge in [-0.2, -0.15) is 0 Å². The van der Waals surface area contributed by atoms with Gasteiger partial charge in [-0.1, -0.05) is 6.92 Å². The molecular weight excluding hydrogens is 244 g/mol. The fraction of sp³-hybridized carbons (Fsp3) is 0.429. The number of carbonyl (C=O) groups excluding carboxylic acids is 2. The number of rotatable bonds is 4. The number of aryl methyl sites for hydroxylation is 1. The molecular formula is C14H18N2O3. The van der Waals surface area contributed by atoms with Crippen LogP contribution in [0.25, 0.3) is 0 Å². The van der Waals surface area contributed by atoms with Gasteiger partial charge in [0.1, 0.15) is 0 Å². The second-order valence-corrected chi connectivity index (χ2v) is 4.70. The van der Waals surface area contributed by atoms with E-state index in [0.717, 1.165) is 11.3 Å². The zero-order chi connectivity index (χ0) is 13.8. The van der Waals surface area contributed by atoms with Gasteiger partial charge in [-0.3, -0.25) is 9.59 Å². The second-order valence-electron chi connectivity index (χ2n) is 4.70. The fourth-order valence-corrected chi connectivity index (χ4v) is 2.10. The summed E-state index contributed by atoms with van der Waals surface area (Å²) >= 11 is 0. The Morgan fingerprint density at radius 3 is 2.95 bits per heavy atom. The Balaban J connectivity index is 2.10. The highest BCUT2D eigenvalue weighted by molar-refractivity contribution is 5.96. The normalized spacial score (nSPS) is 15.4. The first kappa shape index (κ1) is 13.5. The minimum Gasteiger partial charge on any atom is -0.396 e. The van der Waals surface area contributed by atoms with Crippen molar-refractivity contribution in [2.75, 3.05) is 17.2 Å². The maximum atomic E-state index is 11.9. The van der Waals surface area contributed by atoms with E-state index in [-0.39, 0.29) is 24.3 Å². The van der Waals surface area contributed by atoms with Crippen molar-refractivity contribution in [2.24, 2.45) is 5.92 Å². The molecule has 3 N–H and O–H groups in total. The Kier molecular flexibility index (Phi) is 4.16. The molecule has 0 spiro atoms. The van der Waals surface area contributed by atoms with Crippen LogP contribution >= 0.6 is 0 Å².